The largest absolute Gasteiger partial charge is 0.497 e. The summed E-state index contributed by atoms with van der Waals surface area (Å²) in [5, 5.41) is 9.32. The van der Waals surface area contributed by atoms with Gasteiger partial charge in [0.2, 0.25) is 0 Å². The minimum absolute atomic E-state index is 0.192. The molecule has 0 aliphatic heterocycles. The lowest BCUT2D eigenvalue weighted by Gasteiger charge is -2.15. The topological polar surface area (TPSA) is 46.5 Å². The van der Waals surface area contributed by atoms with Crippen LogP contribution >= 0.6 is 11.8 Å². The summed E-state index contributed by atoms with van der Waals surface area (Å²) in [5.41, 5.74) is 0. The van der Waals surface area contributed by atoms with Crippen LogP contribution in [0.2, 0.25) is 0 Å². The molecule has 0 amide bonds. The van der Waals surface area contributed by atoms with Crippen LogP contribution in [0.1, 0.15) is 19.3 Å². The molecule has 1 saturated carbocycles. The van der Waals surface area contributed by atoms with E-state index in [0.29, 0.717) is 0 Å². The van der Waals surface area contributed by atoms with Gasteiger partial charge in [-0.15, -0.1) is 11.8 Å². The maximum Gasteiger partial charge on any atom is 0.307 e. The molecular weight excluding hydrogens is 236 g/mol. The average molecular weight is 252 g/mol. The summed E-state index contributed by atoms with van der Waals surface area (Å²) in [6.45, 7) is 0. The molecule has 1 aliphatic rings. The van der Waals surface area contributed by atoms with Crippen molar-refractivity contribution in [2.24, 2.45) is 5.92 Å². The van der Waals surface area contributed by atoms with E-state index in [9.17, 15) is 4.79 Å². The van der Waals surface area contributed by atoms with Crippen molar-refractivity contribution in [3.63, 3.8) is 0 Å². The molecule has 1 aromatic carbocycles. The first-order valence-electron chi connectivity index (χ1n) is 5.74. The molecule has 0 saturated heterocycles. The second-order valence-corrected chi connectivity index (χ2v) is 5.52. The van der Waals surface area contributed by atoms with Gasteiger partial charge < -0.3 is 9.84 Å². The number of benzene rings is 1. The second-order valence-electron chi connectivity index (χ2n) is 4.21. The zero-order valence-electron chi connectivity index (χ0n) is 9.76. The van der Waals surface area contributed by atoms with Crippen molar-refractivity contribution in [1.29, 1.82) is 0 Å². The normalized spacial score (nSPS) is 23.6. The molecule has 0 aromatic heterocycles. The number of carboxylic acids is 1. The van der Waals surface area contributed by atoms with E-state index in [-0.39, 0.29) is 11.2 Å². The van der Waals surface area contributed by atoms with E-state index >= 15 is 0 Å². The standard InChI is InChI=1S/C13H16O3S/c1-16-9-5-7-10(8-6-9)17-12-4-2-3-11(12)13(14)15/h5-8,11-12H,2-4H2,1H3,(H,14,15)/t11-,12-/m0/s1. The first-order valence-corrected chi connectivity index (χ1v) is 6.62. The van der Waals surface area contributed by atoms with Crippen LogP contribution in [0.3, 0.4) is 0 Å². The van der Waals surface area contributed by atoms with Gasteiger partial charge in [0.15, 0.2) is 0 Å². The Morgan fingerprint density at radius 3 is 2.65 bits per heavy atom. The van der Waals surface area contributed by atoms with Crippen molar-refractivity contribution in [1.82, 2.24) is 0 Å². The van der Waals surface area contributed by atoms with Crippen molar-refractivity contribution >= 4 is 17.7 Å². The van der Waals surface area contributed by atoms with E-state index in [1.54, 1.807) is 18.9 Å². The summed E-state index contributed by atoms with van der Waals surface area (Å²) < 4.78 is 5.10. The van der Waals surface area contributed by atoms with E-state index in [2.05, 4.69) is 0 Å². The molecule has 0 spiro atoms. The Bertz CT molecular complexity index is 388. The van der Waals surface area contributed by atoms with Crippen LogP contribution in [0, 0.1) is 5.92 Å². The Labute approximate surface area is 105 Å². The fourth-order valence-electron chi connectivity index (χ4n) is 2.18. The van der Waals surface area contributed by atoms with E-state index in [1.807, 2.05) is 24.3 Å². The van der Waals surface area contributed by atoms with Gasteiger partial charge in [0.1, 0.15) is 5.75 Å². The Morgan fingerprint density at radius 2 is 2.06 bits per heavy atom. The lowest BCUT2D eigenvalue weighted by molar-refractivity contribution is -0.141. The van der Waals surface area contributed by atoms with Gasteiger partial charge in [-0.2, -0.15) is 0 Å². The molecule has 0 heterocycles. The van der Waals surface area contributed by atoms with Crippen molar-refractivity contribution in [3.05, 3.63) is 24.3 Å². The number of rotatable bonds is 4. The minimum Gasteiger partial charge on any atom is -0.497 e. The average Bonchev–Trinajstić information content (AvgIpc) is 2.78. The molecule has 1 fully saturated rings. The number of ether oxygens (including phenoxy) is 1. The molecule has 2 rings (SSSR count). The molecule has 1 aromatic rings. The van der Waals surface area contributed by atoms with Gasteiger partial charge in [0.25, 0.3) is 0 Å². The van der Waals surface area contributed by atoms with Crippen LogP contribution in [0.15, 0.2) is 29.2 Å². The monoisotopic (exact) mass is 252 g/mol. The molecule has 0 unspecified atom stereocenters. The first-order chi connectivity index (χ1) is 8.20. The van der Waals surface area contributed by atoms with Gasteiger partial charge in [0.05, 0.1) is 13.0 Å². The Kier molecular flexibility index (Phi) is 3.94. The number of aliphatic carboxylic acids is 1. The highest BCUT2D eigenvalue weighted by Gasteiger charge is 2.33. The molecular formula is C13H16O3S. The highest BCUT2D eigenvalue weighted by molar-refractivity contribution is 8.00. The van der Waals surface area contributed by atoms with Gasteiger partial charge in [-0.1, -0.05) is 6.42 Å². The highest BCUT2D eigenvalue weighted by atomic mass is 32.2. The van der Waals surface area contributed by atoms with E-state index in [1.165, 1.54) is 0 Å². The van der Waals surface area contributed by atoms with Gasteiger partial charge in [-0.25, -0.2) is 0 Å². The molecule has 17 heavy (non-hydrogen) atoms. The van der Waals surface area contributed by atoms with E-state index in [4.69, 9.17) is 9.84 Å². The van der Waals surface area contributed by atoms with Crippen LogP contribution in [0.5, 0.6) is 5.75 Å². The molecule has 92 valence electrons. The van der Waals surface area contributed by atoms with Crippen LogP contribution < -0.4 is 4.74 Å². The van der Waals surface area contributed by atoms with E-state index < -0.39 is 5.97 Å². The number of hydrogen-bond donors (Lipinski definition) is 1. The molecule has 0 radical (unpaired) electrons. The Morgan fingerprint density at radius 1 is 1.35 bits per heavy atom. The maximum atomic E-state index is 11.1. The summed E-state index contributed by atoms with van der Waals surface area (Å²) in [6, 6.07) is 7.79. The Balaban J connectivity index is 2.02. The lowest BCUT2D eigenvalue weighted by atomic mass is 10.1. The van der Waals surface area contributed by atoms with Gasteiger partial charge >= 0.3 is 5.97 Å². The van der Waals surface area contributed by atoms with Gasteiger partial charge in [-0.3, -0.25) is 4.79 Å². The molecule has 4 heteroatoms. The van der Waals surface area contributed by atoms with Crippen molar-refractivity contribution in [3.8, 4) is 5.75 Å². The number of thioether (sulfide) groups is 1. The van der Waals surface area contributed by atoms with Crippen molar-refractivity contribution < 1.29 is 14.6 Å². The first kappa shape index (κ1) is 12.3. The number of carboxylic acid groups (broad SMARTS) is 1. The van der Waals surface area contributed by atoms with Crippen LogP contribution in [0.25, 0.3) is 0 Å². The lowest BCUT2D eigenvalue weighted by Crippen LogP contribution is -2.19. The predicted molar refractivity (Wildman–Crippen MR) is 67.6 cm³/mol. The van der Waals surface area contributed by atoms with Crippen molar-refractivity contribution in [2.45, 2.75) is 29.4 Å². The number of hydrogen-bond acceptors (Lipinski definition) is 3. The third-order valence-electron chi connectivity index (χ3n) is 3.12. The molecule has 2 atom stereocenters. The fraction of sp³-hybridized carbons (Fsp3) is 0.462. The SMILES string of the molecule is COc1ccc(S[C@H]2CCC[C@@H]2C(=O)O)cc1. The quantitative estimate of drug-likeness (QED) is 0.894. The van der Waals surface area contributed by atoms with Crippen LogP contribution in [-0.2, 0) is 4.79 Å². The third kappa shape index (κ3) is 2.94. The summed E-state index contributed by atoms with van der Waals surface area (Å²) in [5.74, 6) is -0.0221. The summed E-state index contributed by atoms with van der Waals surface area (Å²) in [4.78, 5) is 12.2. The summed E-state index contributed by atoms with van der Waals surface area (Å²) in [6.07, 6.45) is 2.82. The second kappa shape index (κ2) is 5.45. The molecule has 1 aliphatic carbocycles. The fourth-order valence-corrected chi connectivity index (χ4v) is 3.52. The number of carbonyl (C=O) groups is 1. The molecule has 0 bridgehead atoms. The summed E-state index contributed by atoms with van der Waals surface area (Å²) in [7, 11) is 1.64. The highest BCUT2D eigenvalue weighted by Crippen LogP contribution is 2.39. The van der Waals surface area contributed by atoms with Crippen LogP contribution in [-0.4, -0.2) is 23.4 Å². The van der Waals surface area contributed by atoms with Crippen molar-refractivity contribution in [2.75, 3.05) is 7.11 Å². The summed E-state index contributed by atoms with van der Waals surface area (Å²) >= 11 is 1.67. The minimum atomic E-state index is -0.659. The number of methoxy groups -OCH3 is 1. The maximum absolute atomic E-state index is 11.1. The zero-order valence-corrected chi connectivity index (χ0v) is 10.6. The molecule has 3 nitrogen and oxygen atoms in total. The smallest absolute Gasteiger partial charge is 0.307 e. The Hall–Kier alpha value is -1.16. The van der Waals surface area contributed by atoms with E-state index in [0.717, 1.165) is 29.9 Å². The predicted octanol–water partition coefficient (Wildman–Crippen LogP) is 3.04. The van der Waals surface area contributed by atoms with Gasteiger partial charge in [0, 0.05) is 10.1 Å². The van der Waals surface area contributed by atoms with Gasteiger partial charge in [-0.05, 0) is 37.1 Å². The zero-order chi connectivity index (χ0) is 12.3. The third-order valence-corrected chi connectivity index (χ3v) is 4.53. The molecule has 1 N–H and O–H groups in total. The van der Waals surface area contributed by atoms with Crippen LogP contribution in [0.4, 0.5) is 0 Å².